The predicted octanol–water partition coefficient (Wildman–Crippen LogP) is 1.44. The van der Waals surface area contributed by atoms with E-state index in [0.29, 0.717) is 5.92 Å². The number of alkyl halides is 2. The summed E-state index contributed by atoms with van der Waals surface area (Å²) in [5.74, 6) is -5.23. The number of aliphatic carboxylic acids is 1. The van der Waals surface area contributed by atoms with Gasteiger partial charge in [0.25, 0.3) is 0 Å². The monoisotopic (exact) mass is 207 g/mol. The normalized spacial score (nSPS) is 19.8. The van der Waals surface area contributed by atoms with E-state index in [1.54, 1.807) is 7.05 Å². The number of rotatable bonds is 5. The number of halogens is 2. The van der Waals surface area contributed by atoms with Gasteiger partial charge in [0.1, 0.15) is 0 Å². The third-order valence-electron chi connectivity index (χ3n) is 2.76. The highest BCUT2D eigenvalue weighted by Crippen LogP contribution is 2.35. The minimum atomic E-state index is -3.64. The van der Waals surface area contributed by atoms with E-state index in [1.807, 2.05) is 6.92 Å². The Bertz CT molecular complexity index is 229. The Kier molecular flexibility index (Phi) is 3.09. The fourth-order valence-corrected chi connectivity index (χ4v) is 1.46. The third kappa shape index (κ3) is 2.64. The van der Waals surface area contributed by atoms with E-state index in [9.17, 15) is 13.6 Å². The Balaban J connectivity index is 2.45. The van der Waals surface area contributed by atoms with Crippen LogP contribution in [0.3, 0.4) is 0 Å². The van der Waals surface area contributed by atoms with E-state index in [-0.39, 0.29) is 6.04 Å². The summed E-state index contributed by atoms with van der Waals surface area (Å²) in [6.07, 6.45) is 2.12. The summed E-state index contributed by atoms with van der Waals surface area (Å²) in [5.41, 5.74) is 0. The van der Waals surface area contributed by atoms with Crippen molar-refractivity contribution in [2.75, 3.05) is 13.6 Å². The molecule has 1 aliphatic carbocycles. The van der Waals surface area contributed by atoms with Crippen LogP contribution >= 0.6 is 0 Å². The van der Waals surface area contributed by atoms with Crippen LogP contribution in [0, 0.1) is 5.92 Å². The fraction of sp³-hybridized carbons (Fsp3) is 0.889. The highest BCUT2D eigenvalue weighted by Gasteiger charge is 2.42. The first-order valence-electron chi connectivity index (χ1n) is 4.66. The van der Waals surface area contributed by atoms with Gasteiger partial charge in [-0.1, -0.05) is 0 Å². The van der Waals surface area contributed by atoms with Crippen LogP contribution in [0.2, 0.25) is 0 Å². The van der Waals surface area contributed by atoms with E-state index >= 15 is 0 Å². The summed E-state index contributed by atoms with van der Waals surface area (Å²) in [5, 5.41) is 8.25. The Morgan fingerprint density at radius 3 is 2.50 bits per heavy atom. The number of carboxylic acids is 1. The molecule has 14 heavy (non-hydrogen) atoms. The summed E-state index contributed by atoms with van der Waals surface area (Å²) in [4.78, 5) is 11.6. The van der Waals surface area contributed by atoms with Gasteiger partial charge in [-0.25, -0.2) is 4.79 Å². The van der Waals surface area contributed by atoms with Crippen LogP contribution in [0.5, 0.6) is 0 Å². The minimum absolute atomic E-state index is 0.0419. The molecule has 1 rings (SSSR count). The lowest BCUT2D eigenvalue weighted by molar-refractivity contribution is -0.167. The van der Waals surface area contributed by atoms with Crippen molar-refractivity contribution in [3.63, 3.8) is 0 Å². The largest absolute Gasteiger partial charge is 0.477 e. The molecule has 3 nitrogen and oxygen atoms in total. The van der Waals surface area contributed by atoms with Gasteiger partial charge >= 0.3 is 11.9 Å². The molecular formula is C9H15F2NO2. The number of nitrogens with zero attached hydrogens (tertiary/aromatic N) is 1. The molecule has 1 aliphatic rings. The molecule has 0 aromatic carbocycles. The summed E-state index contributed by atoms with van der Waals surface area (Å²) in [6.45, 7) is 1.15. The lowest BCUT2D eigenvalue weighted by Gasteiger charge is -2.26. The lowest BCUT2D eigenvalue weighted by atomic mass is 10.2. The molecule has 0 spiro atoms. The zero-order valence-electron chi connectivity index (χ0n) is 8.33. The van der Waals surface area contributed by atoms with Crippen molar-refractivity contribution in [3.05, 3.63) is 0 Å². The number of hydrogen-bond donors (Lipinski definition) is 1. The van der Waals surface area contributed by atoms with E-state index in [4.69, 9.17) is 5.11 Å². The average molecular weight is 207 g/mol. The molecule has 1 unspecified atom stereocenters. The maximum Gasteiger partial charge on any atom is 0.375 e. The lowest BCUT2D eigenvalue weighted by Crippen LogP contribution is -2.44. The van der Waals surface area contributed by atoms with Gasteiger partial charge in [0.2, 0.25) is 0 Å². The molecule has 1 atom stereocenters. The van der Waals surface area contributed by atoms with Crippen LogP contribution < -0.4 is 0 Å². The zero-order valence-corrected chi connectivity index (χ0v) is 8.33. The van der Waals surface area contributed by atoms with Gasteiger partial charge in [-0.15, -0.1) is 0 Å². The number of carbonyl (C=O) groups is 1. The third-order valence-corrected chi connectivity index (χ3v) is 2.76. The highest BCUT2D eigenvalue weighted by atomic mass is 19.3. The second-order valence-electron chi connectivity index (χ2n) is 4.00. The first-order valence-corrected chi connectivity index (χ1v) is 4.66. The standard InChI is InChI=1S/C9H15F2NO2/c1-6(7-3-4-7)12(2)5-9(10,11)8(13)14/h6-7H,3-5H2,1-2H3,(H,13,14). The van der Waals surface area contributed by atoms with Gasteiger partial charge in [0, 0.05) is 6.04 Å². The van der Waals surface area contributed by atoms with Crippen LogP contribution in [0.25, 0.3) is 0 Å². The zero-order chi connectivity index (χ0) is 10.9. The minimum Gasteiger partial charge on any atom is -0.477 e. The summed E-state index contributed by atoms with van der Waals surface area (Å²) in [7, 11) is 1.54. The molecule has 1 N–H and O–H groups in total. The van der Waals surface area contributed by atoms with Crippen molar-refractivity contribution < 1.29 is 18.7 Å². The Hall–Kier alpha value is -0.710. The smallest absolute Gasteiger partial charge is 0.375 e. The molecular weight excluding hydrogens is 192 g/mol. The average Bonchev–Trinajstić information content (AvgIpc) is 2.84. The van der Waals surface area contributed by atoms with Gasteiger partial charge in [-0.3, -0.25) is 4.90 Å². The Labute approximate surface area is 81.7 Å². The van der Waals surface area contributed by atoms with Crippen LogP contribution in [0.4, 0.5) is 8.78 Å². The van der Waals surface area contributed by atoms with Crippen molar-refractivity contribution in [1.29, 1.82) is 0 Å². The molecule has 82 valence electrons. The van der Waals surface area contributed by atoms with Gasteiger partial charge in [-0.2, -0.15) is 8.78 Å². The van der Waals surface area contributed by atoms with Crippen LogP contribution in [0.15, 0.2) is 0 Å². The second kappa shape index (κ2) is 3.81. The molecule has 0 aromatic rings. The summed E-state index contributed by atoms with van der Waals surface area (Å²) < 4.78 is 25.6. The second-order valence-corrected chi connectivity index (χ2v) is 4.00. The highest BCUT2D eigenvalue weighted by molar-refractivity contribution is 5.75. The fourth-order valence-electron chi connectivity index (χ4n) is 1.46. The van der Waals surface area contributed by atoms with Gasteiger partial charge in [-0.05, 0) is 32.7 Å². The molecule has 0 radical (unpaired) electrons. The molecule has 0 heterocycles. The van der Waals surface area contributed by atoms with E-state index in [0.717, 1.165) is 12.8 Å². The van der Waals surface area contributed by atoms with Crippen molar-refractivity contribution in [2.24, 2.45) is 5.92 Å². The molecule has 5 heteroatoms. The van der Waals surface area contributed by atoms with E-state index < -0.39 is 18.4 Å². The van der Waals surface area contributed by atoms with Crippen LogP contribution in [0.1, 0.15) is 19.8 Å². The first-order chi connectivity index (χ1) is 6.34. The van der Waals surface area contributed by atoms with Crippen molar-refractivity contribution in [3.8, 4) is 0 Å². The molecule has 0 aliphatic heterocycles. The Morgan fingerprint density at radius 2 is 2.14 bits per heavy atom. The molecule has 1 fully saturated rings. The Morgan fingerprint density at radius 1 is 1.64 bits per heavy atom. The molecule has 1 saturated carbocycles. The van der Waals surface area contributed by atoms with Crippen molar-refractivity contribution in [2.45, 2.75) is 31.7 Å². The topological polar surface area (TPSA) is 40.5 Å². The SMILES string of the molecule is CC(C1CC1)N(C)CC(F)(F)C(=O)O. The van der Waals surface area contributed by atoms with Crippen LogP contribution in [-0.4, -0.2) is 41.5 Å². The molecule has 0 bridgehead atoms. The summed E-state index contributed by atoms with van der Waals surface area (Å²) in [6, 6.07) is 0.0419. The number of hydrogen-bond acceptors (Lipinski definition) is 2. The van der Waals surface area contributed by atoms with Crippen molar-refractivity contribution in [1.82, 2.24) is 4.90 Å². The van der Waals surface area contributed by atoms with E-state index in [1.165, 1.54) is 4.90 Å². The van der Waals surface area contributed by atoms with Gasteiger partial charge in [0.05, 0.1) is 6.54 Å². The predicted molar refractivity (Wildman–Crippen MR) is 47.4 cm³/mol. The molecule has 0 amide bonds. The molecule has 0 saturated heterocycles. The quantitative estimate of drug-likeness (QED) is 0.741. The first kappa shape index (κ1) is 11.4. The summed E-state index contributed by atoms with van der Waals surface area (Å²) >= 11 is 0. The maximum atomic E-state index is 12.8. The maximum absolute atomic E-state index is 12.8. The van der Waals surface area contributed by atoms with Crippen molar-refractivity contribution >= 4 is 5.97 Å². The number of carboxylic acid groups (broad SMARTS) is 1. The van der Waals surface area contributed by atoms with Gasteiger partial charge in [0.15, 0.2) is 0 Å². The van der Waals surface area contributed by atoms with Crippen LogP contribution in [-0.2, 0) is 4.79 Å². The van der Waals surface area contributed by atoms with E-state index in [2.05, 4.69) is 0 Å². The van der Waals surface area contributed by atoms with Gasteiger partial charge < -0.3 is 5.11 Å². The molecule has 0 aromatic heterocycles.